The summed E-state index contributed by atoms with van der Waals surface area (Å²) < 4.78 is 24.4. The number of carbonyl (C=O) groups is 1. The fraction of sp³-hybridized carbons (Fsp3) is 0.333. The fourth-order valence-electron chi connectivity index (χ4n) is 0.827. The molecular weight excluding hydrogens is 206 g/mol. The van der Waals surface area contributed by atoms with Crippen molar-refractivity contribution in [3.05, 3.63) is 16.9 Å². The van der Waals surface area contributed by atoms with Crippen LogP contribution in [0.4, 0.5) is 8.78 Å². The van der Waals surface area contributed by atoms with Gasteiger partial charge in [-0.2, -0.15) is 5.10 Å². The van der Waals surface area contributed by atoms with Crippen LogP contribution in [0.15, 0.2) is 6.07 Å². The first-order chi connectivity index (χ1) is 6.00. The molecule has 0 atom stereocenters. The van der Waals surface area contributed by atoms with Gasteiger partial charge in [-0.1, -0.05) is 11.6 Å². The van der Waals surface area contributed by atoms with Crippen molar-refractivity contribution in [3.8, 4) is 0 Å². The van der Waals surface area contributed by atoms with Crippen molar-refractivity contribution in [1.29, 1.82) is 0 Å². The number of aromatic nitrogens is 2. The molecule has 72 valence electrons. The van der Waals surface area contributed by atoms with Gasteiger partial charge in [0.1, 0.15) is 12.2 Å². The first-order valence-electron chi connectivity index (χ1n) is 3.25. The fourth-order valence-corrected chi connectivity index (χ4v) is 1.02. The minimum absolute atomic E-state index is 0.113. The summed E-state index contributed by atoms with van der Waals surface area (Å²) in [6.45, 7) is -0.769. The van der Waals surface area contributed by atoms with Gasteiger partial charge in [0, 0.05) is 6.07 Å². The SMILES string of the molecule is O=C(O)c1cc(Cl)nn1CC(F)F. The molecule has 4 nitrogen and oxygen atoms in total. The predicted molar refractivity (Wildman–Crippen MR) is 40.2 cm³/mol. The molecule has 13 heavy (non-hydrogen) atoms. The monoisotopic (exact) mass is 210 g/mol. The maximum Gasteiger partial charge on any atom is 0.354 e. The summed E-state index contributed by atoms with van der Waals surface area (Å²) in [7, 11) is 0. The predicted octanol–water partition coefficient (Wildman–Crippen LogP) is 1.50. The highest BCUT2D eigenvalue weighted by atomic mass is 35.5. The van der Waals surface area contributed by atoms with Gasteiger partial charge in [0.2, 0.25) is 0 Å². The highest BCUT2D eigenvalue weighted by Gasteiger charge is 2.16. The van der Waals surface area contributed by atoms with Crippen LogP contribution in [-0.4, -0.2) is 27.3 Å². The minimum atomic E-state index is -2.66. The number of carboxylic acids is 1. The molecule has 1 aromatic heterocycles. The van der Waals surface area contributed by atoms with Gasteiger partial charge in [-0.05, 0) is 0 Å². The zero-order valence-electron chi connectivity index (χ0n) is 6.25. The Kier molecular flexibility index (Phi) is 2.82. The standard InChI is InChI=1S/C6H5ClF2N2O2/c7-4-1-3(6(12)13)11(10-4)2-5(8)9/h1,5H,2H2,(H,12,13). The van der Waals surface area contributed by atoms with Crippen LogP contribution < -0.4 is 0 Å². The van der Waals surface area contributed by atoms with E-state index in [4.69, 9.17) is 16.7 Å². The molecule has 0 aliphatic rings. The van der Waals surface area contributed by atoms with E-state index in [-0.39, 0.29) is 10.8 Å². The average molecular weight is 211 g/mol. The van der Waals surface area contributed by atoms with Gasteiger partial charge in [-0.15, -0.1) is 0 Å². The Bertz CT molecular complexity index is 326. The summed E-state index contributed by atoms with van der Waals surface area (Å²) in [6.07, 6.45) is -2.66. The van der Waals surface area contributed by atoms with Crippen molar-refractivity contribution >= 4 is 17.6 Å². The third kappa shape index (κ3) is 2.38. The van der Waals surface area contributed by atoms with E-state index in [0.717, 1.165) is 6.07 Å². The van der Waals surface area contributed by atoms with Crippen LogP contribution in [-0.2, 0) is 6.54 Å². The molecular formula is C6H5ClF2N2O2. The summed E-state index contributed by atoms with van der Waals surface area (Å²) in [5.41, 5.74) is -0.342. The summed E-state index contributed by atoms with van der Waals surface area (Å²) in [4.78, 5) is 10.5. The van der Waals surface area contributed by atoms with Crippen LogP contribution in [0.1, 0.15) is 10.5 Å². The maximum atomic E-state index is 11.9. The number of alkyl halides is 2. The largest absolute Gasteiger partial charge is 0.477 e. The first kappa shape index (κ1) is 9.91. The van der Waals surface area contributed by atoms with Crippen LogP contribution in [0.3, 0.4) is 0 Å². The number of halogens is 3. The number of carboxylic acid groups (broad SMARTS) is 1. The molecule has 0 bridgehead atoms. The second-order valence-corrected chi connectivity index (χ2v) is 2.62. The van der Waals surface area contributed by atoms with E-state index in [0.29, 0.717) is 4.68 Å². The second-order valence-electron chi connectivity index (χ2n) is 2.23. The van der Waals surface area contributed by atoms with Crippen molar-refractivity contribution in [1.82, 2.24) is 9.78 Å². The molecule has 1 N–H and O–H groups in total. The summed E-state index contributed by atoms with van der Waals surface area (Å²) >= 11 is 5.35. The molecule has 0 fully saturated rings. The van der Waals surface area contributed by atoms with E-state index in [1.165, 1.54) is 0 Å². The van der Waals surface area contributed by atoms with E-state index >= 15 is 0 Å². The molecule has 1 heterocycles. The molecule has 7 heteroatoms. The van der Waals surface area contributed by atoms with Crippen LogP contribution in [0.2, 0.25) is 5.15 Å². The van der Waals surface area contributed by atoms with E-state index in [9.17, 15) is 13.6 Å². The van der Waals surface area contributed by atoms with Gasteiger partial charge in [-0.25, -0.2) is 13.6 Å². The number of hydrogen-bond donors (Lipinski definition) is 1. The maximum absolute atomic E-state index is 11.9. The molecule has 1 rings (SSSR count). The minimum Gasteiger partial charge on any atom is -0.477 e. The molecule has 0 aliphatic carbocycles. The van der Waals surface area contributed by atoms with Crippen LogP contribution in [0.5, 0.6) is 0 Å². The highest BCUT2D eigenvalue weighted by Crippen LogP contribution is 2.11. The van der Waals surface area contributed by atoms with Gasteiger partial charge in [-0.3, -0.25) is 4.68 Å². The topological polar surface area (TPSA) is 55.1 Å². The molecule has 0 saturated heterocycles. The summed E-state index contributed by atoms with van der Waals surface area (Å²) in [5.74, 6) is -1.33. The zero-order chi connectivity index (χ0) is 10.0. The van der Waals surface area contributed by atoms with Gasteiger partial charge in [0.05, 0.1) is 0 Å². The Morgan fingerprint density at radius 1 is 1.77 bits per heavy atom. The van der Waals surface area contributed by atoms with Crippen molar-refractivity contribution < 1.29 is 18.7 Å². The molecule has 0 amide bonds. The lowest BCUT2D eigenvalue weighted by atomic mass is 10.4. The normalized spacial score (nSPS) is 10.8. The summed E-state index contributed by atoms with van der Waals surface area (Å²) in [6, 6.07) is 1.02. The Labute approximate surface area is 76.7 Å². The quantitative estimate of drug-likeness (QED) is 0.823. The van der Waals surface area contributed by atoms with Crippen LogP contribution in [0, 0.1) is 0 Å². The molecule has 0 spiro atoms. The molecule has 0 radical (unpaired) electrons. The number of rotatable bonds is 3. The van der Waals surface area contributed by atoms with Crippen LogP contribution >= 0.6 is 11.6 Å². The van der Waals surface area contributed by atoms with Crippen molar-refractivity contribution in [3.63, 3.8) is 0 Å². The van der Waals surface area contributed by atoms with Crippen molar-refractivity contribution in [2.75, 3.05) is 0 Å². The van der Waals surface area contributed by atoms with E-state index in [2.05, 4.69) is 5.10 Å². The molecule has 0 saturated carbocycles. The third-order valence-electron chi connectivity index (χ3n) is 1.28. The Morgan fingerprint density at radius 2 is 2.38 bits per heavy atom. The van der Waals surface area contributed by atoms with Crippen LogP contribution in [0.25, 0.3) is 0 Å². The Hall–Kier alpha value is -1.17. The van der Waals surface area contributed by atoms with E-state index in [1.807, 2.05) is 0 Å². The second kappa shape index (κ2) is 3.69. The number of aromatic carboxylic acids is 1. The van der Waals surface area contributed by atoms with Crippen molar-refractivity contribution in [2.24, 2.45) is 0 Å². The molecule has 0 unspecified atom stereocenters. The van der Waals surface area contributed by atoms with Gasteiger partial charge >= 0.3 is 5.97 Å². The van der Waals surface area contributed by atoms with E-state index in [1.54, 1.807) is 0 Å². The Morgan fingerprint density at radius 3 is 2.85 bits per heavy atom. The molecule has 1 aromatic rings. The van der Waals surface area contributed by atoms with Gasteiger partial charge in [0.15, 0.2) is 5.15 Å². The highest BCUT2D eigenvalue weighted by molar-refractivity contribution is 6.29. The lowest BCUT2D eigenvalue weighted by molar-refractivity contribution is 0.0671. The lowest BCUT2D eigenvalue weighted by Gasteiger charge is -2.01. The average Bonchev–Trinajstić information content (AvgIpc) is 2.29. The molecule has 0 aromatic carbocycles. The first-order valence-corrected chi connectivity index (χ1v) is 3.63. The van der Waals surface area contributed by atoms with E-state index < -0.39 is 18.9 Å². The zero-order valence-corrected chi connectivity index (χ0v) is 7.00. The Balaban J connectivity index is 2.97. The number of hydrogen-bond acceptors (Lipinski definition) is 2. The third-order valence-corrected chi connectivity index (χ3v) is 1.46. The van der Waals surface area contributed by atoms with Gasteiger partial charge in [0.25, 0.3) is 6.43 Å². The van der Waals surface area contributed by atoms with Crippen molar-refractivity contribution in [2.45, 2.75) is 13.0 Å². The lowest BCUT2D eigenvalue weighted by Crippen LogP contribution is -2.14. The summed E-state index contributed by atoms with van der Waals surface area (Å²) in [5, 5.41) is 11.8. The van der Waals surface area contributed by atoms with Gasteiger partial charge < -0.3 is 5.11 Å². The smallest absolute Gasteiger partial charge is 0.354 e. The molecule has 0 aliphatic heterocycles. The number of nitrogens with zero attached hydrogens (tertiary/aromatic N) is 2.